The minimum absolute atomic E-state index is 0.500. The van der Waals surface area contributed by atoms with Crippen molar-refractivity contribution in [1.82, 2.24) is 14.6 Å². The van der Waals surface area contributed by atoms with Gasteiger partial charge in [0.05, 0.1) is 17.8 Å². The molecule has 2 aromatic heterocycles. The summed E-state index contributed by atoms with van der Waals surface area (Å²) in [6, 6.07) is 9.21. The topological polar surface area (TPSA) is 65.4 Å². The van der Waals surface area contributed by atoms with Crippen LogP contribution in [-0.2, 0) is 0 Å². The summed E-state index contributed by atoms with van der Waals surface area (Å²) in [5.41, 5.74) is 7.87. The number of hydrogen-bond acceptors (Lipinski definition) is 4. The highest BCUT2D eigenvalue weighted by Crippen LogP contribution is 2.25. The van der Waals surface area contributed by atoms with E-state index in [9.17, 15) is 0 Å². The van der Waals surface area contributed by atoms with Crippen molar-refractivity contribution >= 4 is 22.9 Å². The van der Waals surface area contributed by atoms with Crippen LogP contribution in [-0.4, -0.2) is 21.7 Å². The molecular formula is C13H11ClN4O. The SMILES string of the molecule is COc1ccc(-c2nnc3c(N)cc(Cl)cn23)cc1. The van der Waals surface area contributed by atoms with Gasteiger partial charge < -0.3 is 10.5 Å². The summed E-state index contributed by atoms with van der Waals surface area (Å²) >= 11 is 6.01. The molecule has 0 spiro atoms. The number of anilines is 1. The number of benzene rings is 1. The van der Waals surface area contributed by atoms with Crippen molar-refractivity contribution in [2.75, 3.05) is 12.8 Å². The Bertz CT molecular complexity index is 736. The number of pyridine rings is 1. The van der Waals surface area contributed by atoms with E-state index >= 15 is 0 Å². The van der Waals surface area contributed by atoms with Crippen molar-refractivity contribution in [2.24, 2.45) is 0 Å². The van der Waals surface area contributed by atoms with Gasteiger partial charge in [0.2, 0.25) is 0 Å². The zero-order valence-corrected chi connectivity index (χ0v) is 10.9. The number of hydrogen-bond donors (Lipinski definition) is 1. The standard InChI is InChI=1S/C13H11ClN4O/c1-19-10-4-2-8(3-5-10)12-16-17-13-11(15)6-9(14)7-18(12)13/h2-7H,15H2,1H3. The summed E-state index contributed by atoms with van der Waals surface area (Å²) in [5, 5.41) is 8.77. The molecule has 0 bridgehead atoms. The van der Waals surface area contributed by atoms with Gasteiger partial charge in [0.1, 0.15) is 5.75 Å². The van der Waals surface area contributed by atoms with E-state index in [0.29, 0.717) is 22.2 Å². The molecule has 0 atom stereocenters. The monoisotopic (exact) mass is 274 g/mol. The van der Waals surface area contributed by atoms with E-state index < -0.39 is 0 Å². The molecule has 1 aromatic carbocycles. The quantitative estimate of drug-likeness (QED) is 0.780. The van der Waals surface area contributed by atoms with E-state index in [1.807, 2.05) is 24.3 Å². The minimum Gasteiger partial charge on any atom is -0.497 e. The molecule has 0 radical (unpaired) electrons. The molecule has 0 aliphatic carbocycles. The first-order valence-electron chi connectivity index (χ1n) is 5.63. The molecule has 0 fully saturated rings. The van der Waals surface area contributed by atoms with Crippen LogP contribution in [0.2, 0.25) is 5.02 Å². The molecule has 5 nitrogen and oxygen atoms in total. The van der Waals surface area contributed by atoms with Crippen molar-refractivity contribution in [3.8, 4) is 17.1 Å². The summed E-state index contributed by atoms with van der Waals surface area (Å²) < 4.78 is 6.91. The maximum absolute atomic E-state index is 6.01. The number of rotatable bonds is 2. The Morgan fingerprint density at radius 2 is 1.95 bits per heavy atom. The zero-order chi connectivity index (χ0) is 13.4. The first kappa shape index (κ1) is 11.8. The van der Waals surface area contributed by atoms with Crippen molar-refractivity contribution in [3.05, 3.63) is 41.6 Å². The fourth-order valence-corrected chi connectivity index (χ4v) is 2.14. The second-order valence-corrected chi connectivity index (χ2v) is 4.50. The van der Waals surface area contributed by atoms with Crippen molar-refractivity contribution < 1.29 is 4.74 Å². The summed E-state index contributed by atoms with van der Waals surface area (Å²) in [6.07, 6.45) is 1.74. The number of halogens is 1. The highest BCUT2D eigenvalue weighted by Gasteiger charge is 2.11. The van der Waals surface area contributed by atoms with Gasteiger partial charge in [-0.1, -0.05) is 11.6 Å². The zero-order valence-electron chi connectivity index (χ0n) is 10.2. The molecule has 0 amide bonds. The van der Waals surface area contributed by atoms with Crippen LogP contribution in [0.3, 0.4) is 0 Å². The number of nitrogens with two attached hydrogens (primary N) is 1. The molecule has 96 valence electrons. The van der Waals surface area contributed by atoms with Gasteiger partial charge in [-0.3, -0.25) is 4.40 Å². The third-order valence-corrected chi connectivity index (χ3v) is 3.05. The van der Waals surface area contributed by atoms with Crippen molar-refractivity contribution in [1.29, 1.82) is 0 Å². The summed E-state index contributed by atoms with van der Waals surface area (Å²) in [7, 11) is 1.63. The first-order valence-corrected chi connectivity index (χ1v) is 6.01. The fraction of sp³-hybridized carbons (Fsp3) is 0.0769. The molecule has 2 heterocycles. The fourth-order valence-electron chi connectivity index (χ4n) is 1.92. The maximum Gasteiger partial charge on any atom is 0.184 e. The molecule has 0 unspecified atom stereocenters. The molecule has 0 aliphatic heterocycles. The predicted octanol–water partition coefficient (Wildman–Crippen LogP) is 2.64. The Hall–Kier alpha value is -2.27. The van der Waals surface area contributed by atoms with Gasteiger partial charge in [0.15, 0.2) is 11.5 Å². The van der Waals surface area contributed by atoms with E-state index in [-0.39, 0.29) is 0 Å². The van der Waals surface area contributed by atoms with Gasteiger partial charge in [0, 0.05) is 11.8 Å². The average Bonchev–Trinajstić information content (AvgIpc) is 2.83. The number of aromatic nitrogens is 3. The van der Waals surface area contributed by atoms with Crippen molar-refractivity contribution in [3.63, 3.8) is 0 Å². The van der Waals surface area contributed by atoms with Gasteiger partial charge in [0.25, 0.3) is 0 Å². The molecule has 0 saturated heterocycles. The lowest BCUT2D eigenvalue weighted by Crippen LogP contribution is -1.94. The normalized spacial score (nSPS) is 10.8. The lowest BCUT2D eigenvalue weighted by atomic mass is 10.2. The largest absolute Gasteiger partial charge is 0.497 e. The molecule has 2 N–H and O–H groups in total. The van der Waals surface area contributed by atoms with Crippen LogP contribution in [0.1, 0.15) is 0 Å². The van der Waals surface area contributed by atoms with Gasteiger partial charge in [-0.05, 0) is 30.3 Å². The summed E-state index contributed by atoms with van der Waals surface area (Å²) in [4.78, 5) is 0. The van der Waals surface area contributed by atoms with Gasteiger partial charge in [-0.15, -0.1) is 10.2 Å². The van der Waals surface area contributed by atoms with E-state index in [1.165, 1.54) is 0 Å². The molecule has 6 heteroatoms. The van der Waals surface area contributed by atoms with E-state index in [4.69, 9.17) is 22.1 Å². The Kier molecular flexibility index (Phi) is 2.76. The average molecular weight is 275 g/mol. The molecule has 19 heavy (non-hydrogen) atoms. The highest BCUT2D eigenvalue weighted by atomic mass is 35.5. The number of nitrogen functional groups attached to an aromatic ring is 1. The van der Waals surface area contributed by atoms with Crippen LogP contribution >= 0.6 is 11.6 Å². The highest BCUT2D eigenvalue weighted by molar-refractivity contribution is 6.30. The Morgan fingerprint density at radius 1 is 1.21 bits per heavy atom. The van der Waals surface area contributed by atoms with Crippen LogP contribution in [0.25, 0.3) is 17.0 Å². The second-order valence-electron chi connectivity index (χ2n) is 4.06. The van der Waals surface area contributed by atoms with Crippen LogP contribution in [0, 0.1) is 0 Å². The molecule has 3 rings (SSSR count). The smallest absolute Gasteiger partial charge is 0.184 e. The van der Waals surface area contributed by atoms with Gasteiger partial charge >= 0.3 is 0 Å². The molecule has 0 saturated carbocycles. The lowest BCUT2D eigenvalue weighted by molar-refractivity contribution is 0.415. The molecule has 0 aliphatic rings. The Balaban J connectivity index is 2.19. The maximum atomic E-state index is 6.01. The first-order chi connectivity index (χ1) is 9.19. The number of fused-ring (bicyclic) bond motifs is 1. The Morgan fingerprint density at radius 3 is 2.63 bits per heavy atom. The van der Waals surface area contributed by atoms with E-state index in [0.717, 1.165) is 11.3 Å². The van der Waals surface area contributed by atoms with Crippen LogP contribution in [0.15, 0.2) is 36.5 Å². The summed E-state index contributed by atoms with van der Waals surface area (Å²) in [6.45, 7) is 0. The molecular weight excluding hydrogens is 264 g/mol. The number of nitrogens with zero attached hydrogens (tertiary/aromatic N) is 3. The van der Waals surface area contributed by atoms with Crippen molar-refractivity contribution in [2.45, 2.75) is 0 Å². The number of ether oxygens (including phenoxy) is 1. The lowest BCUT2D eigenvalue weighted by Gasteiger charge is -2.03. The minimum atomic E-state index is 0.500. The second kappa shape index (κ2) is 4.44. The third-order valence-electron chi connectivity index (χ3n) is 2.85. The van der Waals surface area contributed by atoms with Crippen LogP contribution in [0.4, 0.5) is 5.69 Å². The summed E-state index contributed by atoms with van der Waals surface area (Å²) in [5.74, 6) is 1.47. The van der Waals surface area contributed by atoms with Gasteiger partial charge in [-0.25, -0.2) is 0 Å². The van der Waals surface area contributed by atoms with E-state index in [1.54, 1.807) is 23.8 Å². The third kappa shape index (κ3) is 1.98. The molecule has 3 aromatic rings. The van der Waals surface area contributed by atoms with Crippen LogP contribution < -0.4 is 10.5 Å². The van der Waals surface area contributed by atoms with Gasteiger partial charge in [-0.2, -0.15) is 0 Å². The van der Waals surface area contributed by atoms with Crippen LogP contribution in [0.5, 0.6) is 5.75 Å². The Labute approximate surface area is 114 Å². The van der Waals surface area contributed by atoms with E-state index in [2.05, 4.69) is 10.2 Å². The predicted molar refractivity (Wildman–Crippen MR) is 74.4 cm³/mol. The number of methoxy groups -OCH3 is 1.